The van der Waals surface area contributed by atoms with Crippen molar-refractivity contribution >= 4 is 21.9 Å². The van der Waals surface area contributed by atoms with Gasteiger partial charge in [-0.2, -0.15) is 0 Å². The number of hydrogen-bond acceptors (Lipinski definition) is 5. The Kier molecular flexibility index (Phi) is 7.50. The summed E-state index contributed by atoms with van der Waals surface area (Å²) in [5.41, 5.74) is 1.10. The highest BCUT2D eigenvalue weighted by atomic mass is 16.5. The summed E-state index contributed by atoms with van der Waals surface area (Å²) in [6.07, 6.45) is 8.88. The van der Waals surface area contributed by atoms with Crippen LogP contribution in [-0.2, 0) is 0 Å². The fraction of sp³-hybridized carbons (Fsp3) is 0.500. The second-order valence-electron chi connectivity index (χ2n) is 7.55. The molecule has 1 heterocycles. The van der Waals surface area contributed by atoms with Gasteiger partial charge in [-0.15, -0.1) is 0 Å². The lowest BCUT2D eigenvalue weighted by Gasteiger charge is -2.09. The van der Waals surface area contributed by atoms with Gasteiger partial charge in [-0.25, -0.2) is 0 Å². The van der Waals surface area contributed by atoms with Crippen LogP contribution < -0.4 is 9.47 Å². The van der Waals surface area contributed by atoms with Crippen molar-refractivity contribution in [2.75, 3.05) is 13.2 Å². The smallest absolute Gasteiger partial charge is 0.161 e. The van der Waals surface area contributed by atoms with Crippen LogP contribution in [0.25, 0.3) is 21.9 Å². The molecular formula is C24H32O5. The third-order valence-electron chi connectivity index (χ3n) is 5.14. The standard InChI is InChI=1S/C24H32O5/c1-3-5-7-9-11-27-23-13-17-18-14-24(28-12-10-8-6-4-2)20(26)16-22(18)29-21(17)15-19(23)25/h13-16,25-26H,3-12H2,1-2H3. The molecule has 0 aliphatic heterocycles. The highest BCUT2D eigenvalue weighted by molar-refractivity contribution is 6.07. The Morgan fingerprint density at radius 3 is 1.52 bits per heavy atom. The van der Waals surface area contributed by atoms with Crippen LogP contribution in [0.3, 0.4) is 0 Å². The average molecular weight is 401 g/mol. The molecule has 29 heavy (non-hydrogen) atoms. The Morgan fingerprint density at radius 2 is 1.10 bits per heavy atom. The van der Waals surface area contributed by atoms with E-state index in [1.165, 1.54) is 25.7 Å². The number of hydrogen-bond donors (Lipinski definition) is 2. The van der Waals surface area contributed by atoms with Gasteiger partial charge in [0, 0.05) is 22.9 Å². The number of benzene rings is 2. The normalized spacial score (nSPS) is 11.4. The quantitative estimate of drug-likeness (QED) is 0.323. The molecular weight excluding hydrogens is 368 g/mol. The van der Waals surface area contributed by atoms with Crippen molar-refractivity contribution in [3.8, 4) is 23.0 Å². The molecule has 3 rings (SSSR count). The van der Waals surface area contributed by atoms with Crippen molar-refractivity contribution < 1.29 is 24.1 Å². The summed E-state index contributed by atoms with van der Waals surface area (Å²) in [6, 6.07) is 6.74. The predicted octanol–water partition coefficient (Wildman–Crippen LogP) is 6.92. The summed E-state index contributed by atoms with van der Waals surface area (Å²) in [7, 11) is 0. The molecule has 0 fully saturated rings. The van der Waals surface area contributed by atoms with Gasteiger partial charge in [0.05, 0.1) is 13.2 Å². The molecule has 5 heteroatoms. The molecule has 0 unspecified atom stereocenters. The van der Waals surface area contributed by atoms with E-state index in [9.17, 15) is 10.2 Å². The second-order valence-corrected chi connectivity index (χ2v) is 7.55. The highest BCUT2D eigenvalue weighted by Gasteiger charge is 2.15. The van der Waals surface area contributed by atoms with E-state index in [4.69, 9.17) is 13.9 Å². The number of ether oxygens (including phenoxy) is 2. The van der Waals surface area contributed by atoms with Crippen molar-refractivity contribution in [1.82, 2.24) is 0 Å². The predicted molar refractivity (Wildman–Crippen MR) is 116 cm³/mol. The van der Waals surface area contributed by atoms with Crippen molar-refractivity contribution in [3.05, 3.63) is 24.3 Å². The molecule has 0 amide bonds. The summed E-state index contributed by atoms with van der Waals surface area (Å²) in [5, 5.41) is 22.2. The van der Waals surface area contributed by atoms with Gasteiger partial charge in [0.15, 0.2) is 23.0 Å². The Bertz CT molecular complexity index is 854. The molecule has 0 spiro atoms. The second kappa shape index (κ2) is 10.3. The van der Waals surface area contributed by atoms with Crippen LogP contribution >= 0.6 is 0 Å². The van der Waals surface area contributed by atoms with E-state index in [1.54, 1.807) is 24.3 Å². The van der Waals surface area contributed by atoms with Crippen LogP contribution in [0, 0.1) is 0 Å². The van der Waals surface area contributed by atoms with Gasteiger partial charge in [0.25, 0.3) is 0 Å². The molecule has 3 aromatic rings. The number of aromatic hydroxyl groups is 2. The molecule has 2 N–H and O–H groups in total. The number of rotatable bonds is 12. The van der Waals surface area contributed by atoms with Gasteiger partial charge < -0.3 is 24.1 Å². The molecule has 1 aromatic heterocycles. The molecule has 0 aliphatic carbocycles. The maximum Gasteiger partial charge on any atom is 0.161 e. The molecule has 0 radical (unpaired) electrons. The monoisotopic (exact) mass is 400 g/mol. The summed E-state index contributed by atoms with van der Waals surface area (Å²) in [6.45, 7) is 5.49. The van der Waals surface area contributed by atoms with Crippen LogP contribution in [0.1, 0.15) is 65.2 Å². The molecule has 0 aliphatic rings. The van der Waals surface area contributed by atoms with Crippen molar-refractivity contribution in [2.45, 2.75) is 65.2 Å². The largest absolute Gasteiger partial charge is 0.504 e. The first-order chi connectivity index (χ1) is 14.1. The van der Waals surface area contributed by atoms with Crippen LogP contribution in [0.5, 0.6) is 23.0 Å². The van der Waals surface area contributed by atoms with E-state index < -0.39 is 0 Å². The molecule has 2 aromatic carbocycles. The summed E-state index contributed by atoms with van der Waals surface area (Å²) < 4.78 is 17.4. The maximum absolute atomic E-state index is 10.3. The van der Waals surface area contributed by atoms with E-state index in [0.29, 0.717) is 35.9 Å². The summed E-state index contributed by atoms with van der Waals surface area (Å²) in [5.74, 6) is 1.02. The number of unbranched alkanes of at least 4 members (excludes halogenated alkanes) is 6. The van der Waals surface area contributed by atoms with Gasteiger partial charge in [0.1, 0.15) is 11.2 Å². The Labute approximate surface area is 172 Å². The van der Waals surface area contributed by atoms with Crippen molar-refractivity contribution in [3.63, 3.8) is 0 Å². The van der Waals surface area contributed by atoms with Crippen LogP contribution in [0.2, 0.25) is 0 Å². The highest BCUT2D eigenvalue weighted by Crippen LogP contribution is 2.41. The van der Waals surface area contributed by atoms with E-state index in [1.807, 2.05) is 0 Å². The van der Waals surface area contributed by atoms with Crippen molar-refractivity contribution in [1.29, 1.82) is 0 Å². The topological polar surface area (TPSA) is 72.1 Å². The molecule has 0 bridgehead atoms. The van der Waals surface area contributed by atoms with Crippen LogP contribution in [-0.4, -0.2) is 23.4 Å². The van der Waals surface area contributed by atoms with Gasteiger partial charge in [-0.1, -0.05) is 52.4 Å². The zero-order valence-electron chi connectivity index (χ0n) is 17.5. The van der Waals surface area contributed by atoms with Crippen molar-refractivity contribution in [2.24, 2.45) is 0 Å². The SMILES string of the molecule is CCCCCCOc1cc2c(cc1O)oc1cc(O)c(OCCCCCC)cc12. The van der Waals surface area contributed by atoms with E-state index >= 15 is 0 Å². The number of fused-ring (bicyclic) bond motifs is 3. The average Bonchev–Trinajstić information content (AvgIpc) is 3.03. The lowest BCUT2D eigenvalue weighted by Crippen LogP contribution is -1.97. The van der Waals surface area contributed by atoms with Crippen LogP contribution in [0.15, 0.2) is 28.7 Å². The Hall–Kier alpha value is -2.56. The first-order valence-electron chi connectivity index (χ1n) is 10.8. The third kappa shape index (κ3) is 5.28. The number of furan rings is 1. The lowest BCUT2D eigenvalue weighted by molar-refractivity contribution is 0.289. The first kappa shape index (κ1) is 21.2. The molecule has 5 nitrogen and oxygen atoms in total. The minimum Gasteiger partial charge on any atom is -0.504 e. The number of phenolic OH excluding ortho intramolecular Hbond substituents is 2. The van der Waals surface area contributed by atoms with Gasteiger partial charge in [-0.3, -0.25) is 0 Å². The van der Waals surface area contributed by atoms with Crippen LogP contribution in [0.4, 0.5) is 0 Å². The minimum absolute atomic E-state index is 0.0590. The Balaban J connectivity index is 1.79. The van der Waals surface area contributed by atoms with E-state index in [-0.39, 0.29) is 11.5 Å². The summed E-state index contributed by atoms with van der Waals surface area (Å²) >= 11 is 0. The maximum atomic E-state index is 10.3. The first-order valence-corrected chi connectivity index (χ1v) is 10.8. The molecule has 0 atom stereocenters. The number of phenols is 2. The zero-order valence-corrected chi connectivity index (χ0v) is 17.5. The third-order valence-corrected chi connectivity index (χ3v) is 5.14. The van der Waals surface area contributed by atoms with E-state index in [0.717, 1.165) is 36.5 Å². The van der Waals surface area contributed by atoms with Gasteiger partial charge in [-0.05, 0) is 25.0 Å². The minimum atomic E-state index is 0.0590. The fourth-order valence-electron chi connectivity index (χ4n) is 3.46. The summed E-state index contributed by atoms with van der Waals surface area (Å²) in [4.78, 5) is 0. The lowest BCUT2D eigenvalue weighted by atomic mass is 10.1. The molecule has 158 valence electrons. The van der Waals surface area contributed by atoms with Gasteiger partial charge in [0.2, 0.25) is 0 Å². The zero-order chi connectivity index (χ0) is 20.6. The molecule has 0 saturated heterocycles. The molecule has 0 saturated carbocycles. The van der Waals surface area contributed by atoms with E-state index in [2.05, 4.69) is 13.8 Å². The van der Waals surface area contributed by atoms with Gasteiger partial charge >= 0.3 is 0 Å². The fourth-order valence-corrected chi connectivity index (χ4v) is 3.46. The Morgan fingerprint density at radius 1 is 0.655 bits per heavy atom.